The zero-order valence-corrected chi connectivity index (χ0v) is 10.6. The molecule has 0 amide bonds. The van der Waals surface area contributed by atoms with Crippen LogP contribution in [0, 0.1) is 13.8 Å². The van der Waals surface area contributed by atoms with Gasteiger partial charge in [0.2, 0.25) is 0 Å². The molecule has 0 bridgehead atoms. The second-order valence-electron chi connectivity index (χ2n) is 4.43. The number of aromatic carboxylic acids is 1. The zero-order valence-electron chi connectivity index (χ0n) is 10.6. The lowest BCUT2D eigenvalue weighted by atomic mass is 10.0. The highest BCUT2D eigenvalue weighted by atomic mass is 16.4. The van der Waals surface area contributed by atoms with Crippen molar-refractivity contribution in [1.29, 1.82) is 0 Å². The minimum Gasteiger partial charge on any atom is -0.508 e. The van der Waals surface area contributed by atoms with E-state index in [4.69, 9.17) is 5.11 Å². The Morgan fingerprint density at radius 2 is 1.94 bits per heavy atom. The van der Waals surface area contributed by atoms with Crippen LogP contribution in [0.5, 0.6) is 5.75 Å². The number of aromatic nitrogens is 1. The highest BCUT2D eigenvalue weighted by molar-refractivity contribution is 5.92. The number of hydrogen-bond donors (Lipinski definition) is 2. The van der Waals surface area contributed by atoms with Gasteiger partial charge in [-0.3, -0.25) is 0 Å². The molecule has 0 saturated heterocycles. The molecule has 0 radical (unpaired) electrons. The highest BCUT2D eigenvalue weighted by Gasteiger charge is 2.17. The van der Waals surface area contributed by atoms with Crippen molar-refractivity contribution in [2.75, 3.05) is 0 Å². The van der Waals surface area contributed by atoms with E-state index in [1.165, 1.54) is 0 Å². The van der Waals surface area contributed by atoms with E-state index in [0.29, 0.717) is 5.56 Å². The van der Waals surface area contributed by atoms with Crippen LogP contribution in [0.2, 0.25) is 0 Å². The molecule has 0 aliphatic heterocycles. The van der Waals surface area contributed by atoms with E-state index in [2.05, 4.69) is 0 Å². The van der Waals surface area contributed by atoms with Gasteiger partial charge in [0.1, 0.15) is 5.75 Å². The Morgan fingerprint density at radius 1 is 1.28 bits per heavy atom. The monoisotopic (exact) mass is 245 g/mol. The van der Waals surface area contributed by atoms with Gasteiger partial charge < -0.3 is 14.8 Å². The van der Waals surface area contributed by atoms with Gasteiger partial charge >= 0.3 is 5.97 Å². The van der Waals surface area contributed by atoms with Crippen LogP contribution < -0.4 is 0 Å². The Hall–Kier alpha value is -2.23. The summed E-state index contributed by atoms with van der Waals surface area (Å²) in [4.78, 5) is 11.1. The summed E-state index contributed by atoms with van der Waals surface area (Å²) in [6.45, 7) is 3.69. The maximum absolute atomic E-state index is 11.1. The SMILES string of the molecule is Cc1cc(O)ccc1-c1c(C)c(C(=O)O)cn1C. The van der Waals surface area contributed by atoms with Gasteiger partial charge in [-0.25, -0.2) is 4.79 Å². The lowest BCUT2D eigenvalue weighted by Crippen LogP contribution is -1.96. The van der Waals surface area contributed by atoms with E-state index in [9.17, 15) is 9.90 Å². The van der Waals surface area contributed by atoms with Crippen LogP contribution in [0.15, 0.2) is 24.4 Å². The van der Waals surface area contributed by atoms with Crippen LogP contribution in [-0.2, 0) is 7.05 Å². The number of carboxylic acid groups (broad SMARTS) is 1. The van der Waals surface area contributed by atoms with Crippen LogP contribution in [0.25, 0.3) is 11.3 Å². The predicted octanol–water partition coefficient (Wildman–Crippen LogP) is 2.71. The Kier molecular flexibility index (Phi) is 2.87. The summed E-state index contributed by atoms with van der Waals surface area (Å²) in [5.74, 6) is -0.715. The van der Waals surface area contributed by atoms with Gasteiger partial charge in [0.15, 0.2) is 0 Å². The standard InChI is InChI=1S/C14H15NO3/c1-8-6-10(16)4-5-11(8)13-9(2)12(14(17)18)7-15(13)3/h4-7,16H,1-3H3,(H,17,18). The van der Waals surface area contributed by atoms with Crippen LogP contribution in [0.4, 0.5) is 0 Å². The fourth-order valence-corrected chi connectivity index (χ4v) is 2.27. The van der Waals surface area contributed by atoms with E-state index < -0.39 is 5.97 Å². The third-order valence-corrected chi connectivity index (χ3v) is 3.13. The molecule has 4 nitrogen and oxygen atoms in total. The average molecular weight is 245 g/mol. The number of carboxylic acids is 1. The molecule has 1 aromatic heterocycles. The predicted molar refractivity (Wildman–Crippen MR) is 68.9 cm³/mol. The number of phenolic OH excluding ortho intramolecular Hbond substituents is 1. The number of rotatable bonds is 2. The van der Waals surface area contributed by atoms with Crippen molar-refractivity contribution >= 4 is 5.97 Å². The number of hydrogen-bond acceptors (Lipinski definition) is 2. The molecule has 1 aromatic carbocycles. The minimum atomic E-state index is -0.925. The first-order chi connectivity index (χ1) is 8.41. The Labute approximate surface area is 105 Å². The molecule has 0 fully saturated rings. The van der Waals surface area contributed by atoms with Crippen molar-refractivity contribution in [2.24, 2.45) is 7.05 Å². The first kappa shape index (κ1) is 12.2. The van der Waals surface area contributed by atoms with Crippen molar-refractivity contribution in [2.45, 2.75) is 13.8 Å². The topological polar surface area (TPSA) is 62.5 Å². The van der Waals surface area contributed by atoms with Gasteiger partial charge in [0.05, 0.1) is 11.3 Å². The van der Waals surface area contributed by atoms with Crippen molar-refractivity contribution < 1.29 is 15.0 Å². The van der Waals surface area contributed by atoms with Crippen LogP contribution in [0.3, 0.4) is 0 Å². The summed E-state index contributed by atoms with van der Waals surface area (Å²) in [5.41, 5.74) is 3.75. The number of aryl methyl sites for hydroxylation is 2. The average Bonchev–Trinajstić information content (AvgIpc) is 2.56. The highest BCUT2D eigenvalue weighted by Crippen LogP contribution is 2.31. The summed E-state index contributed by atoms with van der Waals surface area (Å²) in [6.07, 6.45) is 1.61. The first-order valence-corrected chi connectivity index (χ1v) is 5.61. The third kappa shape index (κ3) is 1.86. The van der Waals surface area contributed by atoms with Gasteiger partial charge in [-0.15, -0.1) is 0 Å². The van der Waals surface area contributed by atoms with Crippen molar-refractivity contribution in [3.63, 3.8) is 0 Å². The van der Waals surface area contributed by atoms with Crippen molar-refractivity contribution in [3.8, 4) is 17.0 Å². The molecule has 2 rings (SSSR count). The second-order valence-corrected chi connectivity index (χ2v) is 4.43. The molecule has 1 heterocycles. The molecule has 18 heavy (non-hydrogen) atoms. The van der Waals surface area contributed by atoms with E-state index in [1.54, 1.807) is 35.9 Å². The number of nitrogens with zero attached hydrogens (tertiary/aromatic N) is 1. The summed E-state index contributed by atoms with van der Waals surface area (Å²) in [7, 11) is 1.82. The lowest BCUT2D eigenvalue weighted by molar-refractivity contribution is 0.0696. The molecule has 94 valence electrons. The number of carbonyl (C=O) groups is 1. The smallest absolute Gasteiger partial charge is 0.337 e. The maximum atomic E-state index is 11.1. The lowest BCUT2D eigenvalue weighted by Gasteiger charge is -2.09. The number of benzene rings is 1. The van der Waals surface area contributed by atoms with Gasteiger partial charge in [-0.2, -0.15) is 0 Å². The van der Waals surface area contributed by atoms with Gasteiger partial charge in [-0.05, 0) is 43.2 Å². The zero-order chi connectivity index (χ0) is 13.4. The van der Waals surface area contributed by atoms with E-state index >= 15 is 0 Å². The summed E-state index contributed by atoms with van der Waals surface area (Å²) in [6, 6.07) is 5.08. The summed E-state index contributed by atoms with van der Waals surface area (Å²) >= 11 is 0. The molecule has 4 heteroatoms. The molecule has 0 atom stereocenters. The number of aromatic hydroxyl groups is 1. The van der Waals surface area contributed by atoms with E-state index in [1.807, 2.05) is 14.0 Å². The molecule has 0 saturated carbocycles. The largest absolute Gasteiger partial charge is 0.508 e. The van der Waals surface area contributed by atoms with E-state index in [0.717, 1.165) is 22.4 Å². The number of phenols is 1. The maximum Gasteiger partial charge on any atom is 0.337 e. The van der Waals surface area contributed by atoms with Crippen LogP contribution in [0.1, 0.15) is 21.5 Å². The van der Waals surface area contributed by atoms with Gasteiger partial charge in [0.25, 0.3) is 0 Å². The summed E-state index contributed by atoms with van der Waals surface area (Å²) in [5, 5.41) is 18.5. The molecule has 0 spiro atoms. The fraction of sp³-hybridized carbons (Fsp3) is 0.214. The third-order valence-electron chi connectivity index (χ3n) is 3.13. The molecule has 2 N–H and O–H groups in total. The van der Waals surface area contributed by atoms with Gasteiger partial charge in [0, 0.05) is 18.8 Å². The second kappa shape index (κ2) is 4.22. The molecule has 0 aliphatic rings. The van der Waals surface area contributed by atoms with Gasteiger partial charge in [-0.1, -0.05) is 0 Å². The molecule has 2 aromatic rings. The van der Waals surface area contributed by atoms with Crippen LogP contribution in [-0.4, -0.2) is 20.7 Å². The molecule has 0 unspecified atom stereocenters. The van der Waals surface area contributed by atoms with E-state index in [-0.39, 0.29) is 5.75 Å². The fourth-order valence-electron chi connectivity index (χ4n) is 2.27. The quantitative estimate of drug-likeness (QED) is 0.855. The van der Waals surface area contributed by atoms with Crippen LogP contribution >= 0.6 is 0 Å². The molecule has 0 aliphatic carbocycles. The molecular formula is C14H15NO3. The Bertz CT molecular complexity index is 626. The minimum absolute atomic E-state index is 0.210. The Balaban J connectivity index is 2.68. The van der Waals surface area contributed by atoms with Crippen molar-refractivity contribution in [1.82, 2.24) is 4.57 Å². The molecular weight excluding hydrogens is 230 g/mol. The van der Waals surface area contributed by atoms with Crippen molar-refractivity contribution in [3.05, 3.63) is 41.1 Å². The Morgan fingerprint density at radius 3 is 2.44 bits per heavy atom. The first-order valence-electron chi connectivity index (χ1n) is 5.61. The normalized spacial score (nSPS) is 10.6. The summed E-state index contributed by atoms with van der Waals surface area (Å²) < 4.78 is 1.80.